The molecule has 0 aromatic heterocycles. The maximum atomic E-state index is 2.36. The van der Waals surface area contributed by atoms with Gasteiger partial charge < -0.3 is 0 Å². The van der Waals surface area contributed by atoms with Crippen LogP contribution < -0.4 is 0 Å². The highest BCUT2D eigenvalue weighted by molar-refractivity contribution is 5.43. The third-order valence-corrected chi connectivity index (χ3v) is 3.28. The summed E-state index contributed by atoms with van der Waals surface area (Å²) in [5.41, 5.74) is 4.92. The standard InChI is InChI=1S/C13H18/c1-9-5-6-12-11(7-9)10(2)8-13(12,3)4/h5-7,10H,8H2,1-4H3/t10-/m1/s1. The zero-order valence-corrected chi connectivity index (χ0v) is 9.02. The van der Waals surface area contributed by atoms with E-state index in [2.05, 4.69) is 45.9 Å². The van der Waals surface area contributed by atoms with Gasteiger partial charge in [0.2, 0.25) is 0 Å². The van der Waals surface area contributed by atoms with Crippen LogP contribution in [0.2, 0.25) is 0 Å². The minimum absolute atomic E-state index is 0.391. The second-order valence-corrected chi connectivity index (χ2v) is 5.08. The van der Waals surface area contributed by atoms with Crippen molar-refractivity contribution in [1.82, 2.24) is 0 Å². The Morgan fingerprint density at radius 3 is 2.69 bits per heavy atom. The van der Waals surface area contributed by atoms with Crippen LogP contribution in [0.15, 0.2) is 18.2 Å². The molecule has 0 radical (unpaired) electrons. The van der Waals surface area contributed by atoms with Gasteiger partial charge in [0.05, 0.1) is 0 Å². The Hall–Kier alpha value is -0.780. The summed E-state index contributed by atoms with van der Waals surface area (Å²) in [5, 5.41) is 0. The summed E-state index contributed by atoms with van der Waals surface area (Å²) in [5.74, 6) is 0.741. The lowest BCUT2D eigenvalue weighted by Gasteiger charge is -2.18. The minimum Gasteiger partial charge on any atom is -0.0590 e. The SMILES string of the molecule is Cc1ccc2c(c1)[C@H](C)CC2(C)C. The molecule has 0 heteroatoms. The zero-order valence-electron chi connectivity index (χ0n) is 9.02. The fourth-order valence-electron chi connectivity index (χ4n) is 2.69. The molecule has 0 spiro atoms. The van der Waals surface area contributed by atoms with E-state index >= 15 is 0 Å². The molecule has 0 nitrogen and oxygen atoms in total. The molecule has 0 unspecified atom stereocenters. The van der Waals surface area contributed by atoms with Gasteiger partial charge in [0, 0.05) is 0 Å². The molecule has 1 aliphatic rings. The van der Waals surface area contributed by atoms with Crippen LogP contribution in [0, 0.1) is 6.92 Å². The average molecular weight is 174 g/mol. The predicted molar refractivity (Wildman–Crippen MR) is 57.2 cm³/mol. The van der Waals surface area contributed by atoms with E-state index in [9.17, 15) is 0 Å². The Labute approximate surface area is 81.0 Å². The highest BCUT2D eigenvalue weighted by atomic mass is 14.4. The quantitative estimate of drug-likeness (QED) is 0.561. The molecular formula is C13H18. The highest BCUT2D eigenvalue weighted by Gasteiger charge is 2.33. The van der Waals surface area contributed by atoms with Gasteiger partial charge in [-0.05, 0) is 35.8 Å². The lowest BCUT2D eigenvalue weighted by atomic mass is 9.86. The summed E-state index contributed by atoms with van der Waals surface area (Å²) < 4.78 is 0. The zero-order chi connectivity index (χ0) is 9.64. The fraction of sp³-hybridized carbons (Fsp3) is 0.538. The number of aryl methyl sites for hydroxylation is 1. The Balaban J connectivity index is 2.59. The van der Waals surface area contributed by atoms with Crippen LogP contribution >= 0.6 is 0 Å². The Morgan fingerprint density at radius 1 is 1.31 bits per heavy atom. The van der Waals surface area contributed by atoms with Crippen molar-refractivity contribution in [3.63, 3.8) is 0 Å². The molecule has 2 rings (SSSR count). The Kier molecular flexibility index (Phi) is 1.76. The van der Waals surface area contributed by atoms with E-state index in [0.717, 1.165) is 5.92 Å². The van der Waals surface area contributed by atoms with Crippen LogP contribution in [0.1, 0.15) is 49.8 Å². The van der Waals surface area contributed by atoms with Crippen LogP contribution in [0.3, 0.4) is 0 Å². The van der Waals surface area contributed by atoms with Gasteiger partial charge in [-0.2, -0.15) is 0 Å². The van der Waals surface area contributed by atoms with Crippen LogP contribution in [0.5, 0.6) is 0 Å². The van der Waals surface area contributed by atoms with E-state index in [4.69, 9.17) is 0 Å². The van der Waals surface area contributed by atoms with E-state index < -0.39 is 0 Å². The number of hydrogen-bond donors (Lipinski definition) is 0. The summed E-state index contributed by atoms with van der Waals surface area (Å²) in [6.45, 7) is 9.22. The highest BCUT2D eigenvalue weighted by Crippen LogP contribution is 2.45. The molecule has 0 amide bonds. The van der Waals surface area contributed by atoms with Crippen molar-refractivity contribution in [1.29, 1.82) is 0 Å². The van der Waals surface area contributed by atoms with Crippen molar-refractivity contribution in [3.8, 4) is 0 Å². The van der Waals surface area contributed by atoms with E-state index in [0.29, 0.717) is 5.41 Å². The van der Waals surface area contributed by atoms with Gasteiger partial charge in [-0.1, -0.05) is 44.5 Å². The van der Waals surface area contributed by atoms with Gasteiger partial charge in [-0.15, -0.1) is 0 Å². The number of hydrogen-bond acceptors (Lipinski definition) is 0. The van der Waals surface area contributed by atoms with E-state index in [-0.39, 0.29) is 0 Å². The summed E-state index contributed by atoms with van der Waals surface area (Å²) >= 11 is 0. The second kappa shape index (κ2) is 2.60. The maximum absolute atomic E-state index is 2.36. The van der Waals surface area contributed by atoms with Crippen LogP contribution in [-0.4, -0.2) is 0 Å². The van der Waals surface area contributed by atoms with Crippen molar-refractivity contribution in [2.75, 3.05) is 0 Å². The normalized spacial score (nSPS) is 24.5. The molecule has 0 saturated heterocycles. The number of benzene rings is 1. The summed E-state index contributed by atoms with van der Waals surface area (Å²) in [6, 6.07) is 6.90. The molecule has 1 atom stereocenters. The molecule has 0 bridgehead atoms. The lowest BCUT2D eigenvalue weighted by Crippen LogP contribution is -2.11. The average Bonchev–Trinajstić information content (AvgIpc) is 2.22. The number of fused-ring (bicyclic) bond motifs is 1. The van der Waals surface area contributed by atoms with Gasteiger partial charge in [-0.25, -0.2) is 0 Å². The fourth-order valence-corrected chi connectivity index (χ4v) is 2.69. The summed E-state index contributed by atoms with van der Waals surface area (Å²) in [4.78, 5) is 0. The lowest BCUT2D eigenvalue weighted by molar-refractivity contribution is 0.489. The van der Waals surface area contributed by atoms with Gasteiger partial charge in [0.1, 0.15) is 0 Å². The number of rotatable bonds is 0. The molecular weight excluding hydrogens is 156 g/mol. The summed E-state index contributed by atoms with van der Waals surface area (Å²) in [7, 11) is 0. The van der Waals surface area contributed by atoms with Gasteiger partial charge in [0.25, 0.3) is 0 Å². The molecule has 0 heterocycles. The van der Waals surface area contributed by atoms with Crippen molar-refractivity contribution < 1.29 is 0 Å². The maximum Gasteiger partial charge on any atom is -0.00950 e. The smallest absolute Gasteiger partial charge is 0.00950 e. The first-order valence-electron chi connectivity index (χ1n) is 5.12. The van der Waals surface area contributed by atoms with Crippen LogP contribution in [0.25, 0.3) is 0 Å². The molecule has 1 aliphatic carbocycles. The van der Waals surface area contributed by atoms with Crippen molar-refractivity contribution in [2.45, 2.75) is 45.4 Å². The van der Waals surface area contributed by atoms with E-state index in [1.807, 2.05) is 0 Å². The molecule has 0 N–H and O–H groups in total. The first-order valence-corrected chi connectivity index (χ1v) is 5.12. The molecule has 70 valence electrons. The molecule has 0 fully saturated rings. The van der Waals surface area contributed by atoms with E-state index in [1.54, 1.807) is 11.1 Å². The summed E-state index contributed by atoms with van der Waals surface area (Å²) in [6.07, 6.45) is 1.30. The van der Waals surface area contributed by atoms with Crippen molar-refractivity contribution in [3.05, 3.63) is 34.9 Å². The molecule has 0 saturated carbocycles. The topological polar surface area (TPSA) is 0 Å². The third-order valence-electron chi connectivity index (χ3n) is 3.28. The van der Waals surface area contributed by atoms with Crippen LogP contribution in [-0.2, 0) is 5.41 Å². The molecule has 1 aromatic carbocycles. The molecule has 1 aromatic rings. The Morgan fingerprint density at radius 2 is 2.00 bits per heavy atom. The monoisotopic (exact) mass is 174 g/mol. The van der Waals surface area contributed by atoms with Crippen molar-refractivity contribution in [2.24, 2.45) is 0 Å². The van der Waals surface area contributed by atoms with Crippen LogP contribution in [0.4, 0.5) is 0 Å². The second-order valence-electron chi connectivity index (χ2n) is 5.08. The Bertz CT molecular complexity index is 334. The van der Waals surface area contributed by atoms with Gasteiger partial charge in [0.15, 0.2) is 0 Å². The van der Waals surface area contributed by atoms with Crippen molar-refractivity contribution >= 4 is 0 Å². The van der Waals surface area contributed by atoms with Gasteiger partial charge in [-0.3, -0.25) is 0 Å². The predicted octanol–water partition coefficient (Wildman–Crippen LogP) is 3.78. The van der Waals surface area contributed by atoms with E-state index in [1.165, 1.54) is 12.0 Å². The minimum atomic E-state index is 0.391. The first kappa shape index (κ1) is 8.80. The largest absolute Gasteiger partial charge is 0.0590 e. The third kappa shape index (κ3) is 1.29. The molecule has 0 aliphatic heterocycles. The first-order chi connectivity index (χ1) is 6.00. The van der Waals surface area contributed by atoms with Gasteiger partial charge >= 0.3 is 0 Å². The molecule has 13 heavy (non-hydrogen) atoms.